The summed E-state index contributed by atoms with van der Waals surface area (Å²) in [6.45, 7) is 16.2. The van der Waals surface area contributed by atoms with Gasteiger partial charge in [0, 0.05) is 30.8 Å². The highest BCUT2D eigenvalue weighted by Gasteiger charge is 2.74. The largest absolute Gasteiger partial charge is 0.489 e. The molecule has 1 saturated heterocycles. The fraction of sp³-hybridized carbons (Fsp3) is 0.588. The van der Waals surface area contributed by atoms with Gasteiger partial charge in [0.1, 0.15) is 29.7 Å². The highest BCUT2D eigenvalue weighted by Crippen LogP contribution is 2.66. The Balaban J connectivity index is 1.39. The van der Waals surface area contributed by atoms with Crippen molar-refractivity contribution in [3.8, 4) is 0 Å². The van der Waals surface area contributed by atoms with Crippen LogP contribution in [0.3, 0.4) is 0 Å². The zero-order valence-corrected chi connectivity index (χ0v) is 25.3. The van der Waals surface area contributed by atoms with Crippen molar-refractivity contribution in [2.75, 3.05) is 6.61 Å². The Hall–Kier alpha value is -2.63. The van der Waals surface area contributed by atoms with Gasteiger partial charge in [-0.3, -0.25) is 4.79 Å². The fourth-order valence-electron chi connectivity index (χ4n) is 7.20. The molecule has 0 bridgehead atoms. The van der Waals surface area contributed by atoms with E-state index in [1.807, 2.05) is 57.2 Å². The molecule has 6 heteroatoms. The molecule has 0 unspecified atom stereocenters. The summed E-state index contributed by atoms with van der Waals surface area (Å²) in [5.41, 5.74) is 3.99. The van der Waals surface area contributed by atoms with Crippen molar-refractivity contribution in [1.82, 2.24) is 0 Å². The van der Waals surface area contributed by atoms with E-state index in [1.54, 1.807) is 6.92 Å². The maximum absolute atomic E-state index is 11.4. The number of esters is 1. The van der Waals surface area contributed by atoms with Crippen molar-refractivity contribution >= 4 is 5.97 Å². The summed E-state index contributed by atoms with van der Waals surface area (Å²) >= 11 is 0. The lowest BCUT2D eigenvalue weighted by molar-refractivity contribution is -0.152. The Bertz CT molecular complexity index is 1230. The lowest BCUT2D eigenvalue weighted by atomic mass is 9.63. The minimum atomic E-state index is -1.10. The zero-order chi connectivity index (χ0) is 29.6. The lowest BCUT2D eigenvalue weighted by Gasteiger charge is -2.44. The van der Waals surface area contributed by atoms with Gasteiger partial charge in [-0.25, -0.2) is 0 Å². The number of fused-ring (bicyclic) bond motifs is 1. The third kappa shape index (κ3) is 6.16. The molecule has 2 aliphatic heterocycles. The molecule has 0 spiro atoms. The third-order valence-electron chi connectivity index (χ3n) is 8.86. The van der Waals surface area contributed by atoms with Gasteiger partial charge in [0.15, 0.2) is 0 Å². The second-order valence-corrected chi connectivity index (χ2v) is 13.7. The molecule has 40 heavy (non-hydrogen) atoms. The Labute approximate surface area is 239 Å². The second-order valence-electron chi connectivity index (χ2n) is 13.7. The number of carbonyl (C=O) groups is 1. The number of hydrogen-bond donors (Lipinski definition) is 2. The average Bonchev–Trinajstić information content (AvgIpc) is 3.16. The van der Waals surface area contributed by atoms with E-state index in [2.05, 4.69) is 38.7 Å². The molecule has 0 aromatic carbocycles. The van der Waals surface area contributed by atoms with Gasteiger partial charge in [-0.15, -0.1) is 5.73 Å². The Morgan fingerprint density at radius 2 is 1.80 bits per heavy atom. The molecule has 218 valence electrons. The molecule has 0 aromatic heterocycles. The molecule has 2 aliphatic carbocycles. The summed E-state index contributed by atoms with van der Waals surface area (Å²) in [6, 6.07) is 0. The first-order chi connectivity index (χ1) is 18.5. The lowest BCUT2D eigenvalue weighted by Crippen LogP contribution is -2.46. The molecule has 0 aromatic rings. The number of allylic oxidation sites excluding steroid dienone is 6. The maximum Gasteiger partial charge on any atom is 0.302 e. The van der Waals surface area contributed by atoms with Gasteiger partial charge in [0.2, 0.25) is 0 Å². The molecule has 4 rings (SSSR count). The van der Waals surface area contributed by atoms with Gasteiger partial charge in [-0.1, -0.05) is 52.0 Å². The van der Waals surface area contributed by atoms with E-state index < -0.39 is 5.60 Å². The second kappa shape index (κ2) is 10.6. The molecule has 2 saturated carbocycles. The smallest absolute Gasteiger partial charge is 0.302 e. The molecule has 5 atom stereocenters. The molecule has 0 amide bonds. The molecule has 6 nitrogen and oxygen atoms in total. The van der Waals surface area contributed by atoms with Crippen LogP contribution in [0, 0.1) is 10.8 Å². The first kappa shape index (κ1) is 30.3. The van der Waals surface area contributed by atoms with E-state index in [4.69, 9.17) is 14.2 Å². The van der Waals surface area contributed by atoms with E-state index in [1.165, 1.54) is 6.92 Å². The van der Waals surface area contributed by atoms with Crippen LogP contribution in [-0.2, 0) is 19.0 Å². The van der Waals surface area contributed by atoms with Gasteiger partial charge in [0.05, 0.1) is 11.7 Å². The van der Waals surface area contributed by atoms with Gasteiger partial charge in [-0.05, 0) is 74.5 Å². The van der Waals surface area contributed by atoms with Crippen molar-refractivity contribution in [3.63, 3.8) is 0 Å². The number of aliphatic hydroxyl groups is 2. The highest BCUT2D eigenvalue weighted by atomic mass is 16.6. The molecule has 3 fully saturated rings. The zero-order valence-electron chi connectivity index (χ0n) is 25.3. The van der Waals surface area contributed by atoms with Crippen LogP contribution < -0.4 is 0 Å². The number of rotatable bonds is 6. The van der Waals surface area contributed by atoms with E-state index in [0.717, 1.165) is 28.9 Å². The third-order valence-corrected chi connectivity index (χ3v) is 8.86. The van der Waals surface area contributed by atoms with Crippen molar-refractivity contribution in [2.45, 2.75) is 110 Å². The van der Waals surface area contributed by atoms with Gasteiger partial charge < -0.3 is 24.4 Å². The van der Waals surface area contributed by atoms with Crippen LogP contribution in [0.15, 0.2) is 76.8 Å². The number of carbonyl (C=O) groups excluding carboxylic acids is 1. The van der Waals surface area contributed by atoms with E-state index in [0.29, 0.717) is 25.9 Å². The first-order valence-electron chi connectivity index (χ1n) is 14.3. The van der Waals surface area contributed by atoms with Crippen molar-refractivity contribution in [1.29, 1.82) is 0 Å². The standard InChI is InChI=1S/C34H46O6/c1-23(13-14-29-30(3,4)20-28(39-24(2)35)21-32(29,7)37)11-9-10-12-27-17-25(22-38-27)15-16-34-31(5,6)18-26(36)19-33(34,8)40-34/h9-13,15-17,26,28,36-37H,18-22H2,1-8H3/b10-9+,16-15+,23-11+,27-12-/t14?,26-,28-,32+,33+,34-/m0/s1. The summed E-state index contributed by atoms with van der Waals surface area (Å²) in [4.78, 5) is 11.4. The van der Waals surface area contributed by atoms with E-state index >= 15 is 0 Å². The van der Waals surface area contributed by atoms with Crippen molar-refractivity contribution in [2.24, 2.45) is 10.8 Å². The molecule has 2 heterocycles. The number of epoxide rings is 1. The number of aliphatic hydroxyl groups excluding tert-OH is 1. The first-order valence-corrected chi connectivity index (χ1v) is 14.3. The fourth-order valence-corrected chi connectivity index (χ4v) is 7.20. The Kier molecular flexibility index (Phi) is 8.07. The van der Waals surface area contributed by atoms with Crippen LogP contribution in [0.1, 0.15) is 81.1 Å². The highest BCUT2D eigenvalue weighted by molar-refractivity contribution is 5.66. The predicted octanol–water partition coefficient (Wildman–Crippen LogP) is 6.18. The Morgan fingerprint density at radius 3 is 2.45 bits per heavy atom. The Morgan fingerprint density at radius 1 is 1.07 bits per heavy atom. The van der Waals surface area contributed by atoms with Crippen LogP contribution in [0.2, 0.25) is 0 Å². The summed E-state index contributed by atoms with van der Waals surface area (Å²) in [6.07, 6.45) is 17.8. The monoisotopic (exact) mass is 550 g/mol. The van der Waals surface area contributed by atoms with E-state index in [9.17, 15) is 15.0 Å². The molecule has 0 radical (unpaired) electrons. The molecule has 2 N–H and O–H groups in total. The summed E-state index contributed by atoms with van der Waals surface area (Å²) in [5, 5.41) is 21.4. The quantitative estimate of drug-likeness (QED) is 0.178. The van der Waals surface area contributed by atoms with Crippen LogP contribution in [0.25, 0.3) is 0 Å². The molecular formula is C34H46O6. The normalized spacial score (nSPS) is 37.6. The van der Waals surface area contributed by atoms with Crippen LogP contribution in [0.5, 0.6) is 0 Å². The predicted molar refractivity (Wildman–Crippen MR) is 156 cm³/mol. The summed E-state index contributed by atoms with van der Waals surface area (Å²) in [7, 11) is 0. The SMILES string of the molecule is CC(=O)O[C@H]1CC(C)(C)C(=C=C/C(C)=C/C=C/C=C2C=C(/C=C/[C@@]34O[C@]3(C)C[C@@H](O)CC4(C)C)CO/2)[C@](C)(O)C1. The maximum atomic E-state index is 11.4. The average molecular weight is 551 g/mol. The van der Waals surface area contributed by atoms with Gasteiger partial charge >= 0.3 is 5.97 Å². The summed E-state index contributed by atoms with van der Waals surface area (Å²) in [5.74, 6) is 0.480. The van der Waals surface area contributed by atoms with Gasteiger partial charge in [0.25, 0.3) is 0 Å². The van der Waals surface area contributed by atoms with Crippen LogP contribution >= 0.6 is 0 Å². The van der Waals surface area contributed by atoms with Gasteiger partial charge in [-0.2, -0.15) is 0 Å². The minimum absolute atomic E-state index is 0.138. The van der Waals surface area contributed by atoms with Crippen LogP contribution in [0.4, 0.5) is 0 Å². The number of hydrogen-bond acceptors (Lipinski definition) is 6. The molecule has 4 aliphatic rings. The van der Waals surface area contributed by atoms with Crippen LogP contribution in [-0.4, -0.2) is 51.8 Å². The summed E-state index contributed by atoms with van der Waals surface area (Å²) < 4.78 is 17.5. The molecular weight excluding hydrogens is 504 g/mol. The van der Waals surface area contributed by atoms with E-state index in [-0.39, 0.29) is 40.2 Å². The topological polar surface area (TPSA) is 88.5 Å². The number of ether oxygens (including phenoxy) is 3. The van der Waals surface area contributed by atoms with Crippen molar-refractivity contribution < 1.29 is 29.2 Å². The van der Waals surface area contributed by atoms with Crippen molar-refractivity contribution in [3.05, 3.63) is 76.8 Å². The minimum Gasteiger partial charge on any atom is -0.489 e.